The summed E-state index contributed by atoms with van der Waals surface area (Å²) in [6.07, 6.45) is 1.91. The van der Waals surface area contributed by atoms with Crippen LogP contribution in [0.2, 0.25) is 0 Å². The lowest BCUT2D eigenvalue weighted by Crippen LogP contribution is -1.93. The van der Waals surface area contributed by atoms with Crippen molar-refractivity contribution in [3.63, 3.8) is 0 Å². The van der Waals surface area contributed by atoms with Crippen LogP contribution in [0.4, 0.5) is 0 Å². The normalized spacial score (nSPS) is 10.6. The standard InChI is InChI=1S/C20H19N/c1-14-7-6-9-17(13-14)20-16(3)19(11-12-21-20)18-10-5-4-8-15(18)2/h4-13H,1-3H3. The fourth-order valence-corrected chi connectivity index (χ4v) is 2.79. The molecule has 0 spiro atoms. The fourth-order valence-electron chi connectivity index (χ4n) is 2.79. The van der Waals surface area contributed by atoms with E-state index in [0.29, 0.717) is 0 Å². The minimum Gasteiger partial charge on any atom is -0.256 e. The SMILES string of the molecule is Cc1cccc(-c2nccc(-c3ccccc3C)c2C)c1. The van der Waals surface area contributed by atoms with Crippen molar-refractivity contribution in [2.45, 2.75) is 20.8 Å². The molecule has 3 rings (SSSR count). The summed E-state index contributed by atoms with van der Waals surface area (Å²) in [7, 11) is 0. The third-order valence-corrected chi connectivity index (χ3v) is 3.93. The highest BCUT2D eigenvalue weighted by Gasteiger charge is 2.10. The van der Waals surface area contributed by atoms with E-state index < -0.39 is 0 Å². The number of rotatable bonds is 2. The third-order valence-electron chi connectivity index (χ3n) is 3.93. The zero-order valence-electron chi connectivity index (χ0n) is 12.7. The zero-order valence-corrected chi connectivity index (χ0v) is 12.7. The van der Waals surface area contributed by atoms with Crippen LogP contribution in [-0.2, 0) is 0 Å². The van der Waals surface area contributed by atoms with Crippen molar-refractivity contribution in [1.29, 1.82) is 0 Å². The Bertz CT molecular complexity index is 787. The summed E-state index contributed by atoms with van der Waals surface area (Å²) < 4.78 is 0. The second-order valence-corrected chi connectivity index (χ2v) is 5.52. The van der Waals surface area contributed by atoms with Crippen LogP contribution in [0.5, 0.6) is 0 Å². The molecule has 1 nitrogen and oxygen atoms in total. The van der Waals surface area contributed by atoms with E-state index in [-0.39, 0.29) is 0 Å². The summed E-state index contributed by atoms with van der Waals surface area (Å²) in [5.41, 5.74) is 8.59. The number of aryl methyl sites for hydroxylation is 2. The number of benzene rings is 2. The minimum atomic E-state index is 1.07. The quantitative estimate of drug-likeness (QED) is 0.614. The van der Waals surface area contributed by atoms with Gasteiger partial charge in [-0.25, -0.2) is 0 Å². The highest BCUT2D eigenvalue weighted by Crippen LogP contribution is 2.31. The Hall–Kier alpha value is -2.41. The van der Waals surface area contributed by atoms with Crippen LogP contribution >= 0.6 is 0 Å². The van der Waals surface area contributed by atoms with Crippen LogP contribution in [0.3, 0.4) is 0 Å². The maximum atomic E-state index is 4.61. The van der Waals surface area contributed by atoms with Gasteiger partial charge in [0.25, 0.3) is 0 Å². The summed E-state index contributed by atoms with van der Waals surface area (Å²) in [6.45, 7) is 6.43. The van der Waals surface area contributed by atoms with Gasteiger partial charge in [-0.1, -0.05) is 48.0 Å². The van der Waals surface area contributed by atoms with E-state index >= 15 is 0 Å². The zero-order chi connectivity index (χ0) is 14.8. The number of hydrogen-bond acceptors (Lipinski definition) is 1. The summed E-state index contributed by atoms with van der Waals surface area (Å²) in [4.78, 5) is 4.61. The number of aromatic nitrogens is 1. The van der Waals surface area contributed by atoms with Gasteiger partial charge in [0.2, 0.25) is 0 Å². The van der Waals surface area contributed by atoms with Gasteiger partial charge in [-0.3, -0.25) is 4.98 Å². The molecule has 0 aliphatic heterocycles. The van der Waals surface area contributed by atoms with Gasteiger partial charge in [0.15, 0.2) is 0 Å². The number of pyridine rings is 1. The Labute approximate surface area is 126 Å². The smallest absolute Gasteiger partial charge is 0.0737 e. The molecule has 0 saturated heterocycles. The predicted octanol–water partition coefficient (Wildman–Crippen LogP) is 5.34. The van der Waals surface area contributed by atoms with Gasteiger partial charge in [-0.05, 0) is 55.2 Å². The summed E-state index contributed by atoms with van der Waals surface area (Å²) in [5, 5.41) is 0. The second kappa shape index (κ2) is 5.53. The van der Waals surface area contributed by atoms with E-state index in [4.69, 9.17) is 0 Å². The van der Waals surface area contributed by atoms with Crippen molar-refractivity contribution in [2.24, 2.45) is 0 Å². The van der Waals surface area contributed by atoms with Crippen LogP contribution < -0.4 is 0 Å². The molecule has 1 heterocycles. The first kappa shape index (κ1) is 13.6. The molecule has 1 heteroatoms. The molecular weight excluding hydrogens is 254 g/mol. The molecule has 1 aromatic heterocycles. The Kier molecular flexibility index (Phi) is 3.57. The lowest BCUT2D eigenvalue weighted by atomic mass is 9.94. The molecule has 0 aliphatic rings. The highest BCUT2D eigenvalue weighted by atomic mass is 14.7. The van der Waals surface area contributed by atoms with E-state index in [1.54, 1.807) is 0 Å². The van der Waals surface area contributed by atoms with Crippen LogP contribution in [0.1, 0.15) is 16.7 Å². The Morgan fingerprint density at radius 2 is 1.57 bits per heavy atom. The van der Waals surface area contributed by atoms with E-state index in [2.05, 4.69) is 80.4 Å². The molecular formula is C20H19N. The molecule has 0 atom stereocenters. The summed E-state index contributed by atoms with van der Waals surface area (Å²) >= 11 is 0. The van der Waals surface area contributed by atoms with Crippen molar-refractivity contribution in [2.75, 3.05) is 0 Å². The molecule has 0 fully saturated rings. The van der Waals surface area contributed by atoms with Crippen molar-refractivity contribution < 1.29 is 0 Å². The second-order valence-electron chi connectivity index (χ2n) is 5.52. The first-order valence-corrected chi connectivity index (χ1v) is 7.25. The van der Waals surface area contributed by atoms with Crippen molar-refractivity contribution in [1.82, 2.24) is 4.98 Å². The van der Waals surface area contributed by atoms with Gasteiger partial charge in [-0.2, -0.15) is 0 Å². The lowest BCUT2D eigenvalue weighted by molar-refractivity contribution is 1.26. The Balaban J connectivity index is 2.18. The van der Waals surface area contributed by atoms with E-state index in [1.807, 2.05) is 6.20 Å². The maximum absolute atomic E-state index is 4.61. The van der Waals surface area contributed by atoms with Gasteiger partial charge in [0.05, 0.1) is 5.69 Å². The first-order valence-electron chi connectivity index (χ1n) is 7.25. The van der Waals surface area contributed by atoms with Crippen molar-refractivity contribution >= 4 is 0 Å². The van der Waals surface area contributed by atoms with Gasteiger partial charge in [0.1, 0.15) is 0 Å². The van der Waals surface area contributed by atoms with Crippen LogP contribution in [0.25, 0.3) is 22.4 Å². The van der Waals surface area contributed by atoms with Gasteiger partial charge >= 0.3 is 0 Å². The number of hydrogen-bond donors (Lipinski definition) is 0. The maximum Gasteiger partial charge on any atom is 0.0737 e. The van der Waals surface area contributed by atoms with Crippen LogP contribution in [0.15, 0.2) is 60.8 Å². The van der Waals surface area contributed by atoms with Crippen molar-refractivity contribution in [3.05, 3.63) is 77.5 Å². The molecule has 0 N–H and O–H groups in total. The fraction of sp³-hybridized carbons (Fsp3) is 0.150. The van der Waals surface area contributed by atoms with Gasteiger partial charge < -0.3 is 0 Å². The van der Waals surface area contributed by atoms with E-state index in [0.717, 1.165) is 5.69 Å². The van der Waals surface area contributed by atoms with E-state index in [9.17, 15) is 0 Å². The number of nitrogens with zero attached hydrogens (tertiary/aromatic N) is 1. The molecule has 2 aromatic carbocycles. The predicted molar refractivity (Wildman–Crippen MR) is 89.3 cm³/mol. The minimum absolute atomic E-state index is 1.07. The topological polar surface area (TPSA) is 12.9 Å². The van der Waals surface area contributed by atoms with Crippen LogP contribution in [0, 0.1) is 20.8 Å². The van der Waals surface area contributed by atoms with Gasteiger partial charge in [0, 0.05) is 11.8 Å². The molecule has 0 aliphatic carbocycles. The van der Waals surface area contributed by atoms with Gasteiger partial charge in [-0.15, -0.1) is 0 Å². The molecule has 0 amide bonds. The molecule has 0 unspecified atom stereocenters. The van der Waals surface area contributed by atoms with Crippen LogP contribution in [-0.4, -0.2) is 4.98 Å². The largest absolute Gasteiger partial charge is 0.256 e. The Morgan fingerprint density at radius 1 is 0.762 bits per heavy atom. The first-order chi connectivity index (χ1) is 10.2. The van der Waals surface area contributed by atoms with Crippen molar-refractivity contribution in [3.8, 4) is 22.4 Å². The molecule has 0 saturated carbocycles. The highest BCUT2D eigenvalue weighted by molar-refractivity contribution is 5.77. The molecule has 21 heavy (non-hydrogen) atoms. The molecule has 0 radical (unpaired) electrons. The third kappa shape index (κ3) is 2.59. The molecule has 3 aromatic rings. The summed E-state index contributed by atoms with van der Waals surface area (Å²) in [5.74, 6) is 0. The molecule has 104 valence electrons. The average molecular weight is 273 g/mol. The average Bonchev–Trinajstić information content (AvgIpc) is 2.48. The van der Waals surface area contributed by atoms with E-state index in [1.165, 1.54) is 33.4 Å². The monoisotopic (exact) mass is 273 g/mol. The Morgan fingerprint density at radius 3 is 2.33 bits per heavy atom. The lowest BCUT2D eigenvalue weighted by Gasteiger charge is -2.13. The molecule has 0 bridgehead atoms. The summed E-state index contributed by atoms with van der Waals surface area (Å²) in [6, 6.07) is 19.1.